The van der Waals surface area contributed by atoms with Gasteiger partial charge in [-0.1, -0.05) is 0 Å². The van der Waals surface area contributed by atoms with Gasteiger partial charge in [0, 0.05) is 28.6 Å². The maximum absolute atomic E-state index is 5.76. The van der Waals surface area contributed by atoms with Gasteiger partial charge in [-0.3, -0.25) is 0 Å². The van der Waals surface area contributed by atoms with E-state index in [2.05, 4.69) is 58.1 Å². The van der Waals surface area contributed by atoms with E-state index >= 15 is 0 Å². The number of H-pyrrole nitrogens is 1. The molecule has 0 amide bonds. The molecular formula is C23H21N5. The van der Waals surface area contributed by atoms with Crippen LogP contribution in [0.5, 0.6) is 0 Å². The van der Waals surface area contributed by atoms with Gasteiger partial charge in [0.2, 0.25) is 0 Å². The van der Waals surface area contributed by atoms with Crippen molar-refractivity contribution in [2.24, 2.45) is 5.73 Å². The van der Waals surface area contributed by atoms with Gasteiger partial charge in [0.05, 0.1) is 22.8 Å². The van der Waals surface area contributed by atoms with Crippen LogP contribution in [0.4, 0.5) is 0 Å². The number of nitrogens with zero attached hydrogens (tertiary/aromatic N) is 3. The Hall–Kier alpha value is -3.44. The zero-order valence-electron chi connectivity index (χ0n) is 15.5. The molecule has 28 heavy (non-hydrogen) atoms. The lowest BCUT2D eigenvalue weighted by Gasteiger charge is -2.05. The SMILES string of the molecule is NCCCn1c2ccc1cc1nc(cc3ccc(cc4nc(c2)C=C4)[nH]3)C=C1. The molecule has 3 aromatic heterocycles. The fourth-order valence-electron chi connectivity index (χ4n) is 3.59. The zero-order valence-corrected chi connectivity index (χ0v) is 15.5. The van der Waals surface area contributed by atoms with Gasteiger partial charge in [0.1, 0.15) is 0 Å². The van der Waals surface area contributed by atoms with Gasteiger partial charge < -0.3 is 15.3 Å². The summed E-state index contributed by atoms with van der Waals surface area (Å²) in [7, 11) is 0. The minimum Gasteiger partial charge on any atom is -0.355 e. The second-order valence-electron chi connectivity index (χ2n) is 7.01. The Kier molecular flexibility index (Phi) is 4.14. The third-order valence-electron chi connectivity index (χ3n) is 4.93. The van der Waals surface area contributed by atoms with Crippen molar-refractivity contribution in [1.82, 2.24) is 19.5 Å². The summed E-state index contributed by atoms with van der Waals surface area (Å²) in [6.45, 7) is 1.53. The molecule has 138 valence electrons. The van der Waals surface area contributed by atoms with E-state index in [1.54, 1.807) is 0 Å². The normalized spacial score (nSPS) is 12.6. The monoisotopic (exact) mass is 367 g/mol. The first-order valence-corrected chi connectivity index (χ1v) is 9.52. The number of rotatable bonds is 3. The molecule has 0 fully saturated rings. The Morgan fingerprint density at radius 2 is 1.21 bits per heavy atom. The van der Waals surface area contributed by atoms with Gasteiger partial charge in [0.15, 0.2) is 0 Å². The number of hydrogen-bond acceptors (Lipinski definition) is 3. The van der Waals surface area contributed by atoms with Gasteiger partial charge in [-0.15, -0.1) is 0 Å². The predicted molar refractivity (Wildman–Crippen MR) is 116 cm³/mol. The van der Waals surface area contributed by atoms with Crippen molar-refractivity contribution in [1.29, 1.82) is 0 Å². The van der Waals surface area contributed by atoms with Crippen molar-refractivity contribution in [3.05, 3.63) is 71.3 Å². The molecule has 8 bridgehead atoms. The maximum Gasteiger partial charge on any atom is 0.0658 e. The van der Waals surface area contributed by atoms with E-state index < -0.39 is 0 Å². The average molecular weight is 367 g/mol. The number of aryl methyl sites for hydroxylation is 1. The number of aromatic amines is 1. The molecule has 5 rings (SSSR count). The van der Waals surface area contributed by atoms with Gasteiger partial charge in [-0.05, 0) is 85.8 Å². The van der Waals surface area contributed by atoms with Crippen molar-refractivity contribution in [2.75, 3.05) is 6.54 Å². The smallest absolute Gasteiger partial charge is 0.0658 e. The topological polar surface area (TPSA) is 72.5 Å². The van der Waals surface area contributed by atoms with Gasteiger partial charge in [-0.2, -0.15) is 0 Å². The zero-order chi connectivity index (χ0) is 18.9. The van der Waals surface area contributed by atoms with Crippen molar-refractivity contribution in [2.45, 2.75) is 13.0 Å². The van der Waals surface area contributed by atoms with E-state index in [-0.39, 0.29) is 0 Å². The molecule has 5 heterocycles. The van der Waals surface area contributed by atoms with Crippen molar-refractivity contribution >= 4 is 46.4 Å². The Labute approximate surface area is 162 Å². The molecule has 5 heteroatoms. The summed E-state index contributed by atoms with van der Waals surface area (Å²) in [4.78, 5) is 12.9. The summed E-state index contributed by atoms with van der Waals surface area (Å²) in [5, 5.41) is 0. The van der Waals surface area contributed by atoms with E-state index in [4.69, 9.17) is 15.7 Å². The average Bonchev–Trinajstić information content (AvgIpc) is 3.46. The van der Waals surface area contributed by atoms with Crippen LogP contribution in [0.25, 0.3) is 46.4 Å². The molecule has 2 aliphatic heterocycles. The van der Waals surface area contributed by atoms with Crippen molar-refractivity contribution in [3.8, 4) is 0 Å². The molecular weight excluding hydrogens is 346 g/mol. The van der Waals surface area contributed by atoms with Crippen LogP contribution in [0.1, 0.15) is 29.2 Å². The molecule has 0 aromatic carbocycles. The summed E-state index contributed by atoms with van der Waals surface area (Å²) in [6, 6.07) is 16.7. The first-order valence-electron chi connectivity index (χ1n) is 9.52. The largest absolute Gasteiger partial charge is 0.355 e. The van der Waals surface area contributed by atoms with Crippen LogP contribution in [0.2, 0.25) is 0 Å². The summed E-state index contributed by atoms with van der Waals surface area (Å²) >= 11 is 0. The molecule has 0 spiro atoms. The molecule has 0 unspecified atom stereocenters. The Morgan fingerprint density at radius 3 is 1.71 bits per heavy atom. The molecule has 0 radical (unpaired) electrons. The Balaban J connectivity index is 1.82. The molecule has 3 aromatic rings. The Morgan fingerprint density at radius 1 is 0.714 bits per heavy atom. The van der Waals surface area contributed by atoms with Crippen LogP contribution < -0.4 is 5.73 Å². The lowest BCUT2D eigenvalue weighted by molar-refractivity contribution is 0.686. The highest BCUT2D eigenvalue weighted by molar-refractivity contribution is 5.77. The van der Waals surface area contributed by atoms with E-state index in [1.165, 1.54) is 0 Å². The molecule has 0 saturated carbocycles. The fraction of sp³-hybridized carbons (Fsp3) is 0.130. The van der Waals surface area contributed by atoms with Crippen LogP contribution in [0.15, 0.2) is 48.5 Å². The molecule has 5 nitrogen and oxygen atoms in total. The van der Waals surface area contributed by atoms with E-state index in [0.29, 0.717) is 6.54 Å². The summed E-state index contributed by atoms with van der Waals surface area (Å²) < 4.78 is 2.28. The minimum absolute atomic E-state index is 0.662. The molecule has 0 atom stereocenters. The number of hydrogen-bond donors (Lipinski definition) is 2. The number of aromatic nitrogens is 4. The van der Waals surface area contributed by atoms with Crippen LogP contribution in [-0.4, -0.2) is 26.1 Å². The second-order valence-corrected chi connectivity index (χ2v) is 7.01. The van der Waals surface area contributed by atoms with Crippen LogP contribution in [-0.2, 0) is 6.54 Å². The first kappa shape index (κ1) is 16.7. The van der Waals surface area contributed by atoms with Crippen molar-refractivity contribution in [3.63, 3.8) is 0 Å². The number of nitrogens with one attached hydrogen (secondary N) is 1. The minimum atomic E-state index is 0.662. The van der Waals surface area contributed by atoms with Gasteiger partial charge >= 0.3 is 0 Å². The third-order valence-corrected chi connectivity index (χ3v) is 4.93. The summed E-state index contributed by atoms with van der Waals surface area (Å²) in [5.41, 5.74) is 13.8. The fourth-order valence-corrected chi connectivity index (χ4v) is 3.59. The maximum atomic E-state index is 5.76. The summed E-state index contributed by atoms with van der Waals surface area (Å²) in [5.74, 6) is 0. The van der Waals surface area contributed by atoms with E-state index in [0.717, 1.165) is 57.8 Å². The van der Waals surface area contributed by atoms with Gasteiger partial charge in [0.25, 0.3) is 0 Å². The third kappa shape index (κ3) is 3.28. The van der Waals surface area contributed by atoms with Gasteiger partial charge in [-0.25, -0.2) is 9.97 Å². The number of nitrogens with two attached hydrogens (primary N) is 1. The second kappa shape index (κ2) is 6.94. The molecule has 3 N–H and O–H groups in total. The quantitative estimate of drug-likeness (QED) is 0.494. The lowest BCUT2D eigenvalue weighted by atomic mass is 10.3. The molecule has 0 aliphatic carbocycles. The summed E-state index contributed by atoms with van der Waals surface area (Å²) in [6.07, 6.45) is 9.10. The standard InChI is InChI=1S/C23H21N5/c24-10-1-11-28-22-8-9-23(28)15-21-7-5-19(27-21)13-17-3-2-16(25-17)12-18-4-6-20(14-22)26-18/h2-9,12-15,25H,1,10-11,24H2. The van der Waals surface area contributed by atoms with Crippen LogP contribution in [0.3, 0.4) is 0 Å². The lowest BCUT2D eigenvalue weighted by Crippen LogP contribution is -2.05. The first-order chi connectivity index (χ1) is 13.8. The van der Waals surface area contributed by atoms with E-state index in [1.807, 2.05) is 24.3 Å². The number of fused-ring (bicyclic) bond motifs is 8. The highest BCUT2D eigenvalue weighted by Crippen LogP contribution is 2.19. The Bertz CT molecular complexity index is 1170. The predicted octanol–water partition coefficient (Wildman–Crippen LogP) is 4.48. The van der Waals surface area contributed by atoms with Crippen LogP contribution >= 0.6 is 0 Å². The highest BCUT2D eigenvalue weighted by atomic mass is 15.0. The van der Waals surface area contributed by atoms with Crippen molar-refractivity contribution < 1.29 is 0 Å². The van der Waals surface area contributed by atoms with Crippen LogP contribution in [0, 0.1) is 0 Å². The molecule has 0 saturated heterocycles. The molecule has 2 aliphatic rings. The van der Waals surface area contributed by atoms with E-state index in [9.17, 15) is 0 Å². The highest BCUT2D eigenvalue weighted by Gasteiger charge is 2.04.